The smallest absolute Gasteiger partial charge is 0.254 e. The summed E-state index contributed by atoms with van der Waals surface area (Å²) < 4.78 is 1.48. The van der Waals surface area contributed by atoms with Gasteiger partial charge in [-0.15, -0.1) is 0 Å². The summed E-state index contributed by atoms with van der Waals surface area (Å²) in [6.45, 7) is 5.59. The molecule has 0 saturated carbocycles. The zero-order chi connectivity index (χ0) is 18.3. The van der Waals surface area contributed by atoms with Gasteiger partial charge in [-0.1, -0.05) is 30.3 Å². The second-order valence-electron chi connectivity index (χ2n) is 6.08. The lowest BCUT2D eigenvalue weighted by Gasteiger charge is -2.12. The van der Waals surface area contributed by atoms with Crippen molar-refractivity contribution in [3.8, 4) is 22.7 Å². The largest absolute Gasteiger partial charge is 0.508 e. The Labute approximate surface area is 145 Å². The van der Waals surface area contributed by atoms with Gasteiger partial charge in [0.25, 0.3) is 5.91 Å². The van der Waals surface area contributed by atoms with Crippen molar-refractivity contribution in [3.63, 3.8) is 0 Å². The van der Waals surface area contributed by atoms with E-state index in [1.807, 2.05) is 38.1 Å². The molecular weight excluding hydrogens is 316 g/mol. The van der Waals surface area contributed by atoms with Crippen LogP contribution >= 0.6 is 0 Å². The van der Waals surface area contributed by atoms with Crippen LogP contribution in [0.4, 0.5) is 5.82 Å². The SMILES string of the molecule is Cc1ccccc1-c1nn(-c2c(C)ccc(O)c2C)c(N)c1C(N)=O. The summed E-state index contributed by atoms with van der Waals surface area (Å²) in [7, 11) is 0. The molecule has 5 N–H and O–H groups in total. The molecule has 0 spiro atoms. The maximum atomic E-state index is 12.0. The van der Waals surface area contributed by atoms with Crippen molar-refractivity contribution in [1.29, 1.82) is 0 Å². The molecule has 6 nitrogen and oxygen atoms in total. The van der Waals surface area contributed by atoms with Gasteiger partial charge in [0.2, 0.25) is 0 Å². The predicted molar refractivity (Wildman–Crippen MR) is 97.8 cm³/mol. The number of amides is 1. The first-order valence-electron chi connectivity index (χ1n) is 7.86. The quantitative estimate of drug-likeness (QED) is 0.683. The maximum absolute atomic E-state index is 12.0. The number of aromatic hydroxyl groups is 1. The third-order valence-electron chi connectivity index (χ3n) is 4.38. The highest BCUT2D eigenvalue weighted by molar-refractivity contribution is 6.03. The fourth-order valence-corrected chi connectivity index (χ4v) is 3.02. The molecule has 1 amide bonds. The third kappa shape index (κ3) is 2.61. The number of benzene rings is 2. The number of rotatable bonds is 3. The lowest BCUT2D eigenvalue weighted by Crippen LogP contribution is -2.14. The van der Waals surface area contributed by atoms with Gasteiger partial charge in [-0.2, -0.15) is 5.10 Å². The Balaban J connectivity index is 2.36. The molecular formula is C19H20N4O2. The second kappa shape index (κ2) is 5.98. The van der Waals surface area contributed by atoms with Gasteiger partial charge < -0.3 is 16.6 Å². The highest BCUT2D eigenvalue weighted by Crippen LogP contribution is 2.34. The second-order valence-corrected chi connectivity index (χ2v) is 6.08. The Bertz CT molecular complexity index is 989. The fourth-order valence-electron chi connectivity index (χ4n) is 3.02. The summed E-state index contributed by atoms with van der Waals surface area (Å²) in [5.74, 6) is -0.353. The van der Waals surface area contributed by atoms with Gasteiger partial charge in [0, 0.05) is 11.1 Å². The van der Waals surface area contributed by atoms with E-state index < -0.39 is 5.91 Å². The van der Waals surface area contributed by atoms with Gasteiger partial charge in [-0.3, -0.25) is 4.79 Å². The Kier molecular flexibility index (Phi) is 3.96. The highest BCUT2D eigenvalue weighted by atomic mass is 16.3. The number of nitrogens with two attached hydrogens (primary N) is 2. The van der Waals surface area contributed by atoms with Crippen LogP contribution in [0, 0.1) is 20.8 Å². The molecule has 3 rings (SSSR count). The number of phenols is 1. The molecule has 128 valence electrons. The van der Waals surface area contributed by atoms with Gasteiger partial charge >= 0.3 is 0 Å². The van der Waals surface area contributed by atoms with E-state index in [-0.39, 0.29) is 17.1 Å². The van der Waals surface area contributed by atoms with E-state index in [1.54, 1.807) is 19.1 Å². The van der Waals surface area contributed by atoms with Gasteiger partial charge in [0.15, 0.2) is 0 Å². The number of aromatic nitrogens is 2. The average molecular weight is 336 g/mol. The molecule has 0 aliphatic rings. The molecule has 0 radical (unpaired) electrons. The Morgan fingerprint density at radius 1 is 1.08 bits per heavy atom. The van der Waals surface area contributed by atoms with E-state index in [0.29, 0.717) is 16.9 Å². The first-order valence-corrected chi connectivity index (χ1v) is 7.86. The molecule has 0 aliphatic heterocycles. The van der Waals surface area contributed by atoms with Crippen LogP contribution < -0.4 is 11.5 Å². The molecule has 0 saturated heterocycles. The topological polar surface area (TPSA) is 107 Å². The fraction of sp³-hybridized carbons (Fsp3) is 0.158. The van der Waals surface area contributed by atoms with Crippen molar-refractivity contribution in [2.45, 2.75) is 20.8 Å². The van der Waals surface area contributed by atoms with Crippen LogP contribution in [0.2, 0.25) is 0 Å². The number of nitrogen functional groups attached to an aromatic ring is 1. The van der Waals surface area contributed by atoms with Crippen LogP contribution in [0.15, 0.2) is 36.4 Å². The molecule has 2 aromatic carbocycles. The summed E-state index contributed by atoms with van der Waals surface area (Å²) in [6.07, 6.45) is 0. The monoisotopic (exact) mass is 336 g/mol. The van der Waals surface area contributed by atoms with Crippen LogP contribution in [0.3, 0.4) is 0 Å². The zero-order valence-electron chi connectivity index (χ0n) is 14.4. The molecule has 0 atom stereocenters. The molecule has 1 aromatic heterocycles. The lowest BCUT2D eigenvalue weighted by atomic mass is 10.0. The van der Waals surface area contributed by atoms with Crippen LogP contribution in [-0.4, -0.2) is 20.8 Å². The number of nitrogens with zero attached hydrogens (tertiary/aromatic N) is 2. The van der Waals surface area contributed by atoms with Gasteiger partial charge in [-0.05, 0) is 38.0 Å². The summed E-state index contributed by atoms with van der Waals surface area (Å²) in [5, 5.41) is 14.6. The number of carbonyl (C=O) groups is 1. The Morgan fingerprint density at radius 2 is 1.76 bits per heavy atom. The van der Waals surface area contributed by atoms with Crippen LogP contribution in [0.25, 0.3) is 16.9 Å². The Morgan fingerprint density at radius 3 is 2.40 bits per heavy atom. The molecule has 0 aliphatic carbocycles. The van der Waals surface area contributed by atoms with Gasteiger partial charge in [0.1, 0.15) is 22.8 Å². The van der Waals surface area contributed by atoms with E-state index in [0.717, 1.165) is 16.7 Å². The highest BCUT2D eigenvalue weighted by Gasteiger charge is 2.24. The summed E-state index contributed by atoms with van der Waals surface area (Å²) >= 11 is 0. The Hall–Kier alpha value is -3.28. The summed E-state index contributed by atoms with van der Waals surface area (Å²) in [4.78, 5) is 12.0. The minimum atomic E-state index is -0.641. The van der Waals surface area contributed by atoms with Crippen LogP contribution in [0.1, 0.15) is 27.0 Å². The summed E-state index contributed by atoms with van der Waals surface area (Å²) in [5.41, 5.74) is 16.3. The molecule has 6 heteroatoms. The predicted octanol–water partition coefficient (Wildman–Crippen LogP) is 2.85. The average Bonchev–Trinajstić information content (AvgIpc) is 2.89. The molecule has 0 fully saturated rings. The number of carbonyl (C=O) groups excluding carboxylic acids is 1. The third-order valence-corrected chi connectivity index (χ3v) is 4.38. The van der Waals surface area contributed by atoms with Crippen molar-refractivity contribution in [1.82, 2.24) is 9.78 Å². The van der Waals surface area contributed by atoms with E-state index in [1.165, 1.54) is 4.68 Å². The minimum absolute atomic E-state index is 0.133. The first kappa shape index (κ1) is 16.6. The lowest BCUT2D eigenvalue weighted by molar-refractivity contribution is 0.100. The standard InChI is InChI=1S/C19H20N4O2/c1-10-6-4-5-7-13(10)16-15(19(21)25)18(20)23(22-16)17-11(2)8-9-14(24)12(17)3/h4-9,24H,20H2,1-3H3,(H2,21,25). The van der Waals surface area contributed by atoms with Crippen molar-refractivity contribution in [2.75, 3.05) is 5.73 Å². The van der Waals surface area contributed by atoms with E-state index in [4.69, 9.17) is 11.5 Å². The van der Waals surface area contributed by atoms with Gasteiger partial charge in [-0.25, -0.2) is 4.68 Å². The normalized spacial score (nSPS) is 10.8. The van der Waals surface area contributed by atoms with E-state index in [2.05, 4.69) is 5.10 Å². The van der Waals surface area contributed by atoms with Gasteiger partial charge in [0.05, 0.1) is 5.69 Å². The molecule has 1 heterocycles. The molecule has 0 unspecified atom stereocenters. The summed E-state index contributed by atoms with van der Waals surface area (Å²) in [6, 6.07) is 11.0. The number of anilines is 1. The molecule has 25 heavy (non-hydrogen) atoms. The number of hydrogen-bond donors (Lipinski definition) is 3. The van der Waals surface area contributed by atoms with E-state index in [9.17, 15) is 9.90 Å². The minimum Gasteiger partial charge on any atom is -0.508 e. The van der Waals surface area contributed by atoms with Crippen molar-refractivity contribution < 1.29 is 9.90 Å². The van der Waals surface area contributed by atoms with Crippen LogP contribution in [-0.2, 0) is 0 Å². The number of aryl methyl sites for hydroxylation is 2. The van der Waals surface area contributed by atoms with E-state index >= 15 is 0 Å². The molecule has 3 aromatic rings. The molecule has 0 bridgehead atoms. The number of primary amides is 1. The zero-order valence-corrected chi connectivity index (χ0v) is 14.4. The first-order chi connectivity index (χ1) is 11.8. The van der Waals surface area contributed by atoms with Crippen molar-refractivity contribution in [3.05, 3.63) is 58.7 Å². The number of hydrogen-bond acceptors (Lipinski definition) is 4. The number of phenolic OH excluding ortho intramolecular Hbond substituents is 1. The van der Waals surface area contributed by atoms with Crippen molar-refractivity contribution >= 4 is 11.7 Å². The van der Waals surface area contributed by atoms with Crippen LogP contribution in [0.5, 0.6) is 5.75 Å². The maximum Gasteiger partial charge on any atom is 0.254 e. The van der Waals surface area contributed by atoms with Crippen molar-refractivity contribution in [2.24, 2.45) is 5.73 Å².